The highest BCUT2D eigenvalue weighted by Crippen LogP contribution is 2.42. The molecule has 7 nitrogen and oxygen atoms in total. The van der Waals surface area contributed by atoms with Crippen LogP contribution in [0.4, 0.5) is 8.78 Å². The normalized spacial score (nSPS) is 23.0. The number of carbonyl (C=O) groups excluding carboxylic acids is 1. The van der Waals surface area contributed by atoms with E-state index in [0.29, 0.717) is 35.0 Å². The van der Waals surface area contributed by atoms with Gasteiger partial charge in [-0.25, -0.2) is 8.78 Å². The maximum absolute atomic E-state index is 14.2. The molecular weight excluding hydrogens is 629 g/mol. The Morgan fingerprint density at radius 1 is 1.02 bits per heavy atom. The summed E-state index contributed by atoms with van der Waals surface area (Å²) in [5.41, 5.74) is 5.20. The van der Waals surface area contributed by atoms with Crippen molar-refractivity contribution in [3.8, 4) is 0 Å². The molecule has 0 spiro atoms. The van der Waals surface area contributed by atoms with Crippen molar-refractivity contribution in [1.29, 1.82) is 0 Å². The van der Waals surface area contributed by atoms with Crippen molar-refractivity contribution in [2.45, 2.75) is 133 Å². The Kier molecular flexibility index (Phi) is 10.5. The second kappa shape index (κ2) is 14.3. The molecule has 0 bridgehead atoms. The van der Waals surface area contributed by atoms with Gasteiger partial charge in [-0.05, 0) is 128 Å². The molecule has 3 aliphatic rings. The molecule has 2 aliphatic carbocycles. The van der Waals surface area contributed by atoms with E-state index >= 15 is 0 Å². The average molecular weight is 682 g/mol. The number of benzene rings is 1. The molecule has 1 atom stereocenters. The predicted molar refractivity (Wildman–Crippen MR) is 192 cm³/mol. The van der Waals surface area contributed by atoms with Gasteiger partial charge >= 0.3 is 0 Å². The number of carbonyl (C=O) groups is 1. The van der Waals surface area contributed by atoms with Crippen molar-refractivity contribution in [2.75, 3.05) is 19.3 Å². The van der Waals surface area contributed by atoms with Crippen LogP contribution in [0.5, 0.6) is 0 Å². The highest BCUT2D eigenvalue weighted by molar-refractivity contribution is 7.98. The van der Waals surface area contributed by atoms with E-state index in [1.165, 1.54) is 17.3 Å². The quantitative estimate of drug-likeness (QED) is 0.191. The molecule has 10 heteroatoms. The zero-order valence-electron chi connectivity index (χ0n) is 29.4. The summed E-state index contributed by atoms with van der Waals surface area (Å²) in [6, 6.07) is 9.65. The Morgan fingerprint density at radius 3 is 2.33 bits per heavy atom. The monoisotopic (exact) mass is 681 g/mol. The number of halogens is 2. The first-order valence-electron chi connectivity index (χ1n) is 17.9. The highest BCUT2D eigenvalue weighted by atomic mass is 32.2. The Balaban J connectivity index is 1.27. The lowest BCUT2D eigenvalue weighted by molar-refractivity contribution is -0.0957. The van der Waals surface area contributed by atoms with Crippen LogP contribution in [0.2, 0.25) is 0 Å². The summed E-state index contributed by atoms with van der Waals surface area (Å²) in [5.74, 6) is -1.78. The van der Waals surface area contributed by atoms with Crippen LogP contribution in [0.15, 0.2) is 34.0 Å². The van der Waals surface area contributed by atoms with Gasteiger partial charge in [-0.3, -0.25) is 9.59 Å². The number of likely N-dealkylation sites (tertiary alicyclic amines) is 1. The van der Waals surface area contributed by atoms with Gasteiger partial charge < -0.3 is 25.1 Å². The third-order valence-electron chi connectivity index (χ3n) is 11.5. The Morgan fingerprint density at radius 2 is 1.71 bits per heavy atom. The molecule has 2 saturated carbocycles. The third kappa shape index (κ3) is 7.26. The number of piperidine rings is 1. The number of hydrogen-bond donors (Lipinski definition) is 3. The molecule has 1 amide bonds. The fourth-order valence-corrected chi connectivity index (χ4v) is 9.36. The lowest BCUT2D eigenvalue weighted by Gasteiger charge is -2.41. The lowest BCUT2D eigenvalue weighted by atomic mass is 9.80. The molecule has 1 saturated heterocycles. The molecule has 3 aromatic rings. The summed E-state index contributed by atoms with van der Waals surface area (Å²) in [6.45, 7) is 13.0. The van der Waals surface area contributed by atoms with Gasteiger partial charge in [-0.1, -0.05) is 6.07 Å². The van der Waals surface area contributed by atoms with E-state index < -0.39 is 5.92 Å². The number of pyridine rings is 1. The third-order valence-corrected chi connectivity index (χ3v) is 12.3. The number of aryl methyl sites for hydroxylation is 1. The van der Waals surface area contributed by atoms with Gasteiger partial charge in [-0.2, -0.15) is 0 Å². The zero-order chi connectivity index (χ0) is 34.3. The molecule has 3 N–H and O–H groups in total. The van der Waals surface area contributed by atoms with E-state index in [2.05, 4.69) is 71.0 Å². The lowest BCUT2D eigenvalue weighted by Crippen LogP contribution is -2.52. The van der Waals surface area contributed by atoms with Crippen LogP contribution in [0.3, 0.4) is 0 Å². The van der Waals surface area contributed by atoms with Crippen LogP contribution in [0, 0.1) is 19.8 Å². The number of alkyl halides is 2. The van der Waals surface area contributed by atoms with Crippen molar-refractivity contribution in [1.82, 2.24) is 25.1 Å². The first kappa shape index (κ1) is 35.1. The van der Waals surface area contributed by atoms with Crippen LogP contribution >= 0.6 is 11.8 Å². The van der Waals surface area contributed by atoms with Crippen molar-refractivity contribution < 1.29 is 13.6 Å². The summed E-state index contributed by atoms with van der Waals surface area (Å²) in [5, 5.41) is 7.59. The summed E-state index contributed by atoms with van der Waals surface area (Å²) < 4.78 is 29.2. The number of nitrogens with one attached hydrogen (secondary N) is 3. The number of rotatable bonds is 10. The maximum atomic E-state index is 14.2. The molecule has 48 heavy (non-hydrogen) atoms. The zero-order valence-corrected chi connectivity index (χ0v) is 30.2. The van der Waals surface area contributed by atoms with E-state index in [1.54, 1.807) is 0 Å². The van der Waals surface area contributed by atoms with Gasteiger partial charge in [0.2, 0.25) is 0 Å². The van der Waals surface area contributed by atoms with Crippen LogP contribution in [-0.2, 0) is 6.54 Å². The fraction of sp³-hybridized carbons (Fsp3) is 0.632. The predicted octanol–water partition coefficient (Wildman–Crippen LogP) is 7.69. The van der Waals surface area contributed by atoms with Gasteiger partial charge in [0.05, 0.1) is 5.56 Å². The van der Waals surface area contributed by atoms with E-state index in [0.717, 1.165) is 78.8 Å². The highest BCUT2D eigenvalue weighted by Gasteiger charge is 2.46. The minimum Gasteiger partial charge on any atom is -0.348 e. The van der Waals surface area contributed by atoms with Gasteiger partial charge in [0.15, 0.2) is 0 Å². The van der Waals surface area contributed by atoms with Crippen molar-refractivity contribution in [2.24, 2.45) is 5.92 Å². The van der Waals surface area contributed by atoms with Crippen LogP contribution in [0.1, 0.15) is 117 Å². The summed E-state index contributed by atoms with van der Waals surface area (Å²) in [6.07, 6.45) is 8.05. The Hall–Kier alpha value is -2.69. The van der Waals surface area contributed by atoms with Gasteiger partial charge in [0, 0.05) is 76.3 Å². The number of thioether (sulfide) groups is 1. The van der Waals surface area contributed by atoms with Crippen molar-refractivity contribution >= 4 is 28.6 Å². The Bertz CT molecular complexity index is 1680. The molecular formula is C38H53F2N5O2S. The first-order valence-corrected chi connectivity index (χ1v) is 19.1. The number of fused-ring (bicyclic) bond motifs is 1. The van der Waals surface area contributed by atoms with Crippen LogP contribution in [0.25, 0.3) is 10.9 Å². The van der Waals surface area contributed by atoms with E-state index in [9.17, 15) is 18.4 Å². The number of aromatic amines is 1. The summed E-state index contributed by atoms with van der Waals surface area (Å²) in [7, 11) is 0. The fourth-order valence-electron chi connectivity index (χ4n) is 8.66. The minimum atomic E-state index is -2.50. The number of hydrogen-bond acceptors (Lipinski definition) is 5. The molecule has 1 aliphatic heterocycles. The number of nitrogens with zero attached hydrogens (tertiary/aromatic N) is 2. The summed E-state index contributed by atoms with van der Waals surface area (Å²) in [4.78, 5) is 33.3. The van der Waals surface area contributed by atoms with E-state index in [4.69, 9.17) is 0 Å². The molecule has 0 unspecified atom stereocenters. The van der Waals surface area contributed by atoms with Gasteiger partial charge in [-0.15, -0.1) is 11.8 Å². The van der Waals surface area contributed by atoms with Crippen molar-refractivity contribution in [3.05, 3.63) is 62.7 Å². The molecule has 6 rings (SSSR count). The Labute approximate surface area is 288 Å². The van der Waals surface area contributed by atoms with Crippen LogP contribution < -0.4 is 16.2 Å². The molecule has 0 radical (unpaired) electrons. The maximum Gasteiger partial charge on any atom is 0.254 e. The van der Waals surface area contributed by atoms with Gasteiger partial charge in [0.25, 0.3) is 17.4 Å². The topological polar surface area (TPSA) is 82.2 Å². The minimum absolute atomic E-state index is 0.0432. The molecule has 2 aromatic heterocycles. The number of aromatic nitrogens is 2. The van der Waals surface area contributed by atoms with Crippen molar-refractivity contribution in [3.63, 3.8) is 0 Å². The SMILES string of the molecule is CSc1cc(C)[nH]c(=O)c1CNC(=O)c1c(C)n([C@H](C)C2CCC(NC3CC(F)(F)C3)CC2)c2ccc(C3CCN(C(C)C)CC3)cc12. The largest absolute Gasteiger partial charge is 0.348 e. The van der Waals surface area contributed by atoms with Crippen LogP contribution in [-0.4, -0.2) is 63.8 Å². The average Bonchev–Trinajstić information content (AvgIpc) is 3.33. The standard InChI is InChI=1S/C38H53F2N5O2S/c1-22(2)44-15-13-27(14-16-44)28-9-12-33-31(18-28)35(37(47)41-21-32-34(48-6)17-23(3)42-36(32)46)25(5)45(33)24(4)26-7-10-29(11-8-26)43-30-19-38(39,40)20-30/h9,12,17-18,22,24,26-27,29-30,43H,7-8,10-11,13-16,19-21H2,1-6H3,(H,41,47)(H,42,46)/t24-,26?,29?/m1/s1. The number of H-pyrrole nitrogens is 1. The second-order valence-corrected chi connectivity index (χ2v) is 15.9. The molecule has 1 aromatic carbocycles. The van der Waals surface area contributed by atoms with Gasteiger partial charge in [0.1, 0.15) is 0 Å². The number of amides is 1. The van der Waals surface area contributed by atoms with E-state index in [1.807, 2.05) is 19.2 Å². The smallest absolute Gasteiger partial charge is 0.254 e. The summed E-state index contributed by atoms with van der Waals surface area (Å²) >= 11 is 1.51. The van der Waals surface area contributed by atoms with E-state index in [-0.39, 0.29) is 42.9 Å². The molecule has 3 heterocycles. The molecule has 262 valence electrons. The molecule has 3 fully saturated rings. The first-order chi connectivity index (χ1) is 22.8. The second-order valence-electron chi connectivity index (χ2n) is 15.0.